The third kappa shape index (κ3) is 4.70. The lowest BCUT2D eigenvalue weighted by Crippen LogP contribution is -2.34. The second-order valence-electron chi connectivity index (χ2n) is 5.20. The van der Waals surface area contributed by atoms with E-state index in [4.69, 9.17) is 0 Å². The van der Waals surface area contributed by atoms with Crippen LogP contribution in [0.3, 0.4) is 0 Å². The molecule has 120 valence electrons. The van der Waals surface area contributed by atoms with E-state index in [-0.39, 0.29) is 23.3 Å². The summed E-state index contributed by atoms with van der Waals surface area (Å²) in [5.74, 6) is -0.436. The molecule has 0 aliphatic carbocycles. The number of anilines is 2. The quantitative estimate of drug-likeness (QED) is 0.695. The van der Waals surface area contributed by atoms with Crippen molar-refractivity contribution >= 4 is 23.3 Å². The van der Waals surface area contributed by atoms with Gasteiger partial charge >= 0.3 is 6.03 Å². The Morgan fingerprint density at radius 3 is 2.57 bits per heavy atom. The van der Waals surface area contributed by atoms with Crippen LogP contribution in [0.2, 0.25) is 0 Å². The number of aromatic amines is 1. The van der Waals surface area contributed by atoms with Crippen LogP contribution in [0.4, 0.5) is 16.2 Å². The van der Waals surface area contributed by atoms with Crippen molar-refractivity contribution in [2.24, 2.45) is 0 Å². The van der Waals surface area contributed by atoms with Gasteiger partial charge in [-0.2, -0.15) is 0 Å². The molecule has 23 heavy (non-hydrogen) atoms. The molecule has 0 radical (unpaired) electrons. The van der Waals surface area contributed by atoms with Crippen LogP contribution in [0.25, 0.3) is 0 Å². The summed E-state index contributed by atoms with van der Waals surface area (Å²) in [6.07, 6.45) is 1.48. The SMILES string of the molecule is CC(C)NC(=O)Nc1cccc(C(=O)Nc2ccc[nH]c2=O)c1. The Morgan fingerprint density at radius 2 is 1.87 bits per heavy atom. The van der Waals surface area contributed by atoms with Crippen molar-refractivity contribution in [3.05, 3.63) is 58.5 Å². The van der Waals surface area contributed by atoms with E-state index in [1.807, 2.05) is 13.8 Å². The van der Waals surface area contributed by atoms with Crippen LogP contribution in [0.15, 0.2) is 47.4 Å². The summed E-state index contributed by atoms with van der Waals surface area (Å²) < 4.78 is 0. The smallest absolute Gasteiger partial charge is 0.319 e. The molecule has 0 saturated heterocycles. The molecule has 4 N–H and O–H groups in total. The van der Waals surface area contributed by atoms with Gasteiger partial charge in [-0.05, 0) is 44.2 Å². The van der Waals surface area contributed by atoms with E-state index in [1.54, 1.807) is 24.3 Å². The first-order valence-electron chi connectivity index (χ1n) is 7.12. The lowest BCUT2D eigenvalue weighted by atomic mass is 10.2. The predicted octanol–water partition coefficient (Wildman–Crippen LogP) is 2.16. The van der Waals surface area contributed by atoms with E-state index in [0.29, 0.717) is 11.3 Å². The zero-order valence-corrected chi connectivity index (χ0v) is 12.8. The van der Waals surface area contributed by atoms with Crippen LogP contribution in [0.5, 0.6) is 0 Å². The molecule has 0 fully saturated rings. The number of nitrogens with one attached hydrogen (secondary N) is 4. The summed E-state index contributed by atoms with van der Waals surface area (Å²) in [6, 6.07) is 9.23. The summed E-state index contributed by atoms with van der Waals surface area (Å²) in [7, 11) is 0. The van der Waals surface area contributed by atoms with Crippen molar-refractivity contribution in [1.29, 1.82) is 0 Å². The molecule has 0 spiro atoms. The van der Waals surface area contributed by atoms with Gasteiger partial charge in [0.1, 0.15) is 5.69 Å². The first-order chi connectivity index (χ1) is 11.0. The summed E-state index contributed by atoms with van der Waals surface area (Å²) >= 11 is 0. The van der Waals surface area contributed by atoms with Crippen molar-refractivity contribution in [3.63, 3.8) is 0 Å². The van der Waals surface area contributed by atoms with Gasteiger partial charge < -0.3 is 20.9 Å². The standard InChI is InChI=1S/C16H18N4O3/c1-10(2)18-16(23)19-12-6-3-5-11(9-12)14(21)20-13-7-4-8-17-15(13)22/h3-10H,1-2H3,(H,17,22)(H,20,21)(H2,18,19,23). The van der Waals surface area contributed by atoms with E-state index in [9.17, 15) is 14.4 Å². The fourth-order valence-corrected chi connectivity index (χ4v) is 1.88. The minimum atomic E-state index is -0.436. The zero-order chi connectivity index (χ0) is 16.8. The maximum atomic E-state index is 12.2. The number of hydrogen-bond donors (Lipinski definition) is 4. The molecule has 7 nitrogen and oxygen atoms in total. The number of amides is 3. The summed E-state index contributed by atoms with van der Waals surface area (Å²) in [5, 5.41) is 7.87. The normalized spacial score (nSPS) is 10.2. The number of pyridine rings is 1. The van der Waals surface area contributed by atoms with Gasteiger partial charge in [-0.1, -0.05) is 6.07 Å². The number of H-pyrrole nitrogens is 1. The lowest BCUT2D eigenvalue weighted by Gasteiger charge is -2.11. The van der Waals surface area contributed by atoms with Gasteiger partial charge in [-0.25, -0.2) is 4.79 Å². The first-order valence-corrected chi connectivity index (χ1v) is 7.12. The summed E-state index contributed by atoms with van der Waals surface area (Å²) in [5.41, 5.74) is 0.591. The van der Waals surface area contributed by atoms with Crippen LogP contribution in [0, 0.1) is 0 Å². The molecular formula is C16H18N4O3. The Balaban J connectivity index is 2.10. The lowest BCUT2D eigenvalue weighted by molar-refractivity contribution is 0.102. The van der Waals surface area contributed by atoms with Gasteiger partial charge in [0.15, 0.2) is 0 Å². The van der Waals surface area contributed by atoms with E-state index in [0.717, 1.165) is 0 Å². The highest BCUT2D eigenvalue weighted by Crippen LogP contribution is 2.12. The minimum absolute atomic E-state index is 0.00582. The fraction of sp³-hybridized carbons (Fsp3) is 0.188. The highest BCUT2D eigenvalue weighted by molar-refractivity contribution is 6.05. The van der Waals surface area contributed by atoms with Crippen molar-refractivity contribution in [2.45, 2.75) is 19.9 Å². The summed E-state index contributed by atoms with van der Waals surface area (Å²) in [4.78, 5) is 37.9. The molecule has 0 saturated carbocycles. The third-order valence-corrected chi connectivity index (χ3v) is 2.87. The van der Waals surface area contributed by atoms with Crippen LogP contribution >= 0.6 is 0 Å². The van der Waals surface area contributed by atoms with Crippen molar-refractivity contribution < 1.29 is 9.59 Å². The second kappa shape index (κ2) is 7.26. The number of urea groups is 1. The van der Waals surface area contributed by atoms with Crippen LogP contribution in [0.1, 0.15) is 24.2 Å². The number of hydrogen-bond acceptors (Lipinski definition) is 3. The van der Waals surface area contributed by atoms with Crippen LogP contribution in [-0.2, 0) is 0 Å². The Bertz CT molecular complexity index is 768. The maximum absolute atomic E-state index is 12.2. The first kappa shape index (κ1) is 16.3. The molecule has 1 aromatic heterocycles. The third-order valence-electron chi connectivity index (χ3n) is 2.87. The number of rotatable bonds is 4. The molecule has 0 bridgehead atoms. The van der Waals surface area contributed by atoms with Gasteiger partial charge in [0.25, 0.3) is 11.5 Å². The average molecular weight is 314 g/mol. The molecule has 0 aliphatic rings. The number of carbonyl (C=O) groups is 2. The second-order valence-corrected chi connectivity index (χ2v) is 5.20. The highest BCUT2D eigenvalue weighted by atomic mass is 16.2. The van der Waals surface area contributed by atoms with Crippen LogP contribution in [-0.4, -0.2) is 23.0 Å². The van der Waals surface area contributed by atoms with E-state index >= 15 is 0 Å². The summed E-state index contributed by atoms with van der Waals surface area (Å²) in [6.45, 7) is 3.70. The molecule has 0 aliphatic heterocycles. The van der Waals surface area contributed by atoms with Gasteiger partial charge in [-0.3, -0.25) is 9.59 Å². The highest BCUT2D eigenvalue weighted by Gasteiger charge is 2.10. The number of aromatic nitrogens is 1. The Kier molecular flexibility index (Phi) is 5.14. The van der Waals surface area contributed by atoms with Crippen molar-refractivity contribution in [3.8, 4) is 0 Å². The Morgan fingerprint density at radius 1 is 1.09 bits per heavy atom. The van der Waals surface area contributed by atoms with Crippen molar-refractivity contribution in [1.82, 2.24) is 10.3 Å². The number of benzene rings is 1. The van der Waals surface area contributed by atoms with E-state index in [1.165, 1.54) is 18.3 Å². The molecule has 1 heterocycles. The van der Waals surface area contributed by atoms with E-state index < -0.39 is 5.91 Å². The molecule has 0 atom stereocenters. The monoisotopic (exact) mass is 314 g/mol. The predicted molar refractivity (Wildman–Crippen MR) is 88.7 cm³/mol. The zero-order valence-electron chi connectivity index (χ0n) is 12.8. The molecule has 1 aromatic carbocycles. The maximum Gasteiger partial charge on any atom is 0.319 e. The average Bonchev–Trinajstić information content (AvgIpc) is 2.49. The fourth-order valence-electron chi connectivity index (χ4n) is 1.88. The van der Waals surface area contributed by atoms with E-state index in [2.05, 4.69) is 20.9 Å². The Hall–Kier alpha value is -3.09. The van der Waals surface area contributed by atoms with Gasteiger partial charge in [0.2, 0.25) is 0 Å². The topological polar surface area (TPSA) is 103 Å². The minimum Gasteiger partial charge on any atom is -0.336 e. The van der Waals surface area contributed by atoms with Gasteiger partial charge in [0, 0.05) is 23.5 Å². The molecule has 2 rings (SSSR count). The number of carbonyl (C=O) groups excluding carboxylic acids is 2. The molecule has 7 heteroatoms. The largest absolute Gasteiger partial charge is 0.336 e. The molecule has 2 aromatic rings. The van der Waals surface area contributed by atoms with Gasteiger partial charge in [0.05, 0.1) is 0 Å². The molecule has 0 unspecified atom stereocenters. The van der Waals surface area contributed by atoms with Gasteiger partial charge in [-0.15, -0.1) is 0 Å². The Labute approximate surface area is 133 Å². The van der Waals surface area contributed by atoms with Crippen molar-refractivity contribution in [2.75, 3.05) is 10.6 Å². The molecule has 3 amide bonds. The molecular weight excluding hydrogens is 296 g/mol. The van der Waals surface area contributed by atoms with Crippen LogP contribution < -0.4 is 21.5 Å².